The highest BCUT2D eigenvalue weighted by Gasteiger charge is 2.17. The quantitative estimate of drug-likeness (QED) is 0.198. The van der Waals surface area contributed by atoms with Crippen LogP contribution in [0.15, 0.2) is 164 Å². The molecule has 0 saturated carbocycles. The number of hydrogen-bond acceptors (Lipinski definition) is 3. The molecule has 0 amide bonds. The van der Waals surface area contributed by atoms with Crippen molar-refractivity contribution in [1.29, 1.82) is 0 Å². The second kappa shape index (κ2) is 10.5. The van der Waals surface area contributed by atoms with Gasteiger partial charge in [0.15, 0.2) is 0 Å². The van der Waals surface area contributed by atoms with Crippen molar-refractivity contribution >= 4 is 54.5 Å². The summed E-state index contributed by atoms with van der Waals surface area (Å²) in [6.45, 7) is 0. The van der Waals surface area contributed by atoms with Gasteiger partial charge in [-0.25, -0.2) is 0 Å². The van der Waals surface area contributed by atoms with Gasteiger partial charge >= 0.3 is 0 Å². The highest BCUT2D eigenvalue weighted by Crippen LogP contribution is 2.39. The minimum atomic E-state index is 0.936. The van der Waals surface area contributed by atoms with Gasteiger partial charge in [0.1, 0.15) is 0 Å². The molecule has 0 bridgehead atoms. The predicted octanol–water partition coefficient (Wildman–Crippen LogP) is 10.6. The van der Waals surface area contributed by atoms with Crippen molar-refractivity contribution in [3.63, 3.8) is 0 Å². The number of nitrogens with zero attached hydrogens (tertiary/aromatic N) is 5. The third-order valence-electron chi connectivity index (χ3n) is 9.52. The molecule has 5 nitrogen and oxygen atoms in total. The molecule has 0 aliphatic carbocycles. The van der Waals surface area contributed by atoms with Gasteiger partial charge in [0.05, 0.1) is 33.8 Å². The van der Waals surface area contributed by atoms with Gasteiger partial charge in [-0.1, -0.05) is 66.7 Å². The summed E-state index contributed by atoms with van der Waals surface area (Å²) in [5.74, 6) is 0. The molecule has 0 spiro atoms. The molecule has 0 saturated heterocycles. The van der Waals surface area contributed by atoms with Gasteiger partial charge in [-0.15, -0.1) is 0 Å². The highest BCUT2D eigenvalue weighted by atomic mass is 15.0. The summed E-state index contributed by atoms with van der Waals surface area (Å²) in [4.78, 5) is 13.8. The number of benzene rings is 5. The molecular formula is C43H27N5. The molecule has 5 heterocycles. The van der Waals surface area contributed by atoms with Crippen LogP contribution in [-0.2, 0) is 0 Å². The van der Waals surface area contributed by atoms with Crippen LogP contribution in [0.25, 0.3) is 88.1 Å². The Bertz CT molecular complexity index is 2830. The molecule has 0 fully saturated rings. The van der Waals surface area contributed by atoms with E-state index in [-0.39, 0.29) is 0 Å². The largest absolute Gasteiger partial charge is 0.308 e. The van der Waals surface area contributed by atoms with Crippen LogP contribution in [0.5, 0.6) is 0 Å². The standard InChI is InChI=1S/C43H27N5/c1-3-10-32(11-4-1)47-40-16-14-30(23-35(40)34-18-20-45-27-42(34)47)28-8-7-9-29(22-28)31-15-17-41-36(24-31)37-26-46-39-19-21-44-25-38(39)43(37)48(41)33-12-5-2-6-13-33/h1-27H. The Kier molecular flexibility index (Phi) is 5.81. The van der Waals surface area contributed by atoms with Crippen LogP contribution in [0, 0.1) is 0 Å². The molecule has 10 aromatic rings. The van der Waals surface area contributed by atoms with Crippen molar-refractivity contribution in [2.45, 2.75) is 0 Å². The van der Waals surface area contributed by atoms with Crippen molar-refractivity contribution in [2.24, 2.45) is 0 Å². The molecule has 10 rings (SSSR count). The second-order valence-corrected chi connectivity index (χ2v) is 12.2. The fourth-order valence-corrected chi connectivity index (χ4v) is 7.33. The van der Waals surface area contributed by atoms with Gasteiger partial charge in [-0.05, 0) is 89.0 Å². The summed E-state index contributed by atoms with van der Waals surface area (Å²) in [7, 11) is 0. The van der Waals surface area contributed by atoms with E-state index in [0.717, 1.165) is 49.8 Å². The zero-order valence-electron chi connectivity index (χ0n) is 25.8. The number of fused-ring (bicyclic) bond motifs is 8. The third-order valence-corrected chi connectivity index (χ3v) is 9.52. The van der Waals surface area contributed by atoms with Crippen LogP contribution in [-0.4, -0.2) is 24.1 Å². The fourth-order valence-electron chi connectivity index (χ4n) is 7.33. The smallest absolute Gasteiger partial charge is 0.0754 e. The normalized spacial score (nSPS) is 11.8. The molecule has 0 unspecified atom stereocenters. The van der Waals surface area contributed by atoms with E-state index in [1.165, 1.54) is 38.4 Å². The molecule has 0 aliphatic rings. The Labute approximate surface area is 276 Å². The minimum absolute atomic E-state index is 0.936. The number of pyridine rings is 3. The summed E-state index contributed by atoms with van der Waals surface area (Å²) in [6, 6.07) is 47.6. The molecule has 0 atom stereocenters. The van der Waals surface area contributed by atoms with Crippen molar-refractivity contribution in [1.82, 2.24) is 24.1 Å². The lowest BCUT2D eigenvalue weighted by Crippen LogP contribution is -1.94. The zero-order chi connectivity index (χ0) is 31.6. The maximum absolute atomic E-state index is 4.83. The van der Waals surface area contributed by atoms with Gasteiger partial charge in [-0.2, -0.15) is 0 Å². The summed E-state index contributed by atoms with van der Waals surface area (Å²) in [5, 5.41) is 5.72. The Hall–Kier alpha value is -6.59. The Balaban J connectivity index is 1.14. The fraction of sp³-hybridized carbons (Fsp3) is 0. The van der Waals surface area contributed by atoms with Crippen molar-refractivity contribution in [2.75, 3.05) is 0 Å². The van der Waals surface area contributed by atoms with E-state index >= 15 is 0 Å². The Morgan fingerprint density at radius 3 is 1.71 bits per heavy atom. The Morgan fingerprint density at radius 2 is 0.979 bits per heavy atom. The van der Waals surface area contributed by atoms with E-state index in [9.17, 15) is 0 Å². The van der Waals surface area contributed by atoms with Gasteiger partial charge in [-0.3, -0.25) is 15.0 Å². The summed E-state index contributed by atoms with van der Waals surface area (Å²) >= 11 is 0. The molecule has 48 heavy (non-hydrogen) atoms. The topological polar surface area (TPSA) is 48.5 Å². The zero-order valence-corrected chi connectivity index (χ0v) is 25.8. The van der Waals surface area contributed by atoms with Gasteiger partial charge in [0, 0.05) is 63.1 Å². The Morgan fingerprint density at radius 1 is 0.375 bits per heavy atom. The van der Waals surface area contributed by atoms with Crippen molar-refractivity contribution in [3.8, 4) is 33.6 Å². The third kappa shape index (κ3) is 4.01. The number of hydrogen-bond donors (Lipinski definition) is 0. The molecule has 5 heteroatoms. The first kappa shape index (κ1) is 26.6. The van der Waals surface area contributed by atoms with E-state index in [1.807, 2.05) is 30.9 Å². The minimum Gasteiger partial charge on any atom is -0.308 e. The van der Waals surface area contributed by atoms with Gasteiger partial charge in [0.2, 0.25) is 0 Å². The first-order valence-corrected chi connectivity index (χ1v) is 16.1. The maximum atomic E-state index is 4.83. The first-order valence-electron chi connectivity index (χ1n) is 16.1. The number of rotatable bonds is 4. The van der Waals surface area contributed by atoms with Gasteiger partial charge < -0.3 is 9.13 Å². The predicted molar refractivity (Wildman–Crippen MR) is 197 cm³/mol. The van der Waals surface area contributed by atoms with Crippen LogP contribution in [0.2, 0.25) is 0 Å². The van der Waals surface area contributed by atoms with E-state index in [1.54, 1.807) is 6.20 Å². The summed E-state index contributed by atoms with van der Waals surface area (Å²) in [6.07, 6.45) is 9.58. The van der Waals surface area contributed by atoms with E-state index in [2.05, 4.69) is 146 Å². The number of aromatic nitrogens is 5. The average molecular weight is 614 g/mol. The molecular weight excluding hydrogens is 587 g/mol. The lowest BCUT2D eigenvalue weighted by molar-refractivity contribution is 1.17. The van der Waals surface area contributed by atoms with Crippen molar-refractivity contribution in [3.05, 3.63) is 164 Å². The molecule has 5 aromatic carbocycles. The summed E-state index contributed by atoms with van der Waals surface area (Å²) < 4.78 is 4.64. The second-order valence-electron chi connectivity index (χ2n) is 12.2. The van der Waals surface area contributed by atoms with Gasteiger partial charge in [0.25, 0.3) is 0 Å². The lowest BCUT2D eigenvalue weighted by atomic mass is 9.97. The van der Waals surface area contributed by atoms with E-state index in [4.69, 9.17) is 4.98 Å². The number of para-hydroxylation sites is 2. The molecule has 5 aromatic heterocycles. The van der Waals surface area contributed by atoms with E-state index < -0.39 is 0 Å². The first-order chi connectivity index (χ1) is 23.8. The molecule has 0 radical (unpaired) electrons. The monoisotopic (exact) mass is 613 g/mol. The van der Waals surface area contributed by atoms with E-state index in [0.29, 0.717) is 0 Å². The van der Waals surface area contributed by atoms with Crippen LogP contribution in [0.1, 0.15) is 0 Å². The average Bonchev–Trinajstić information content (AvgIpc) is 3.68. The van der Waals surface area contributed by atoms with Crippen molar-refractivity contribution < 1.29 is 0 Å². The summed E-state index contributed by atoms with van der Waals surface area (Å²) in [5.41, 5.74) is 12.4. The molecule has 0 N–H and O–H groups in total. The SMILES string of the molecule is c1ccc(-n2c3ccc(-c4cccc(-c5ccc6c(c5)c5cnc7ccncc7c5n6-c5ccccc5)c4)cc3c3ccncc32)cc1. The lowest BCUT2D eigenvalue weighted by Gasteiger charge is -2.10. The van der Waals surface area contributed by atoms with Crippen LogP contribution in [0.3, 0.4) is 0 Å². The molecule has 224 valence electrons. The van der Waals surface area contributed by atoms with Crippen LogP contribution < -0.4 is 0 Å². The van der Waals surface area contributed by atoms with Crippen LogP contribution in [0.4, 0.5) is 0 Å². The maximum Gasteiger partial charge on any atom is 0.0754 e. The molecule has 0 aliphatic heterocycles. The van der Waals surface area contributed by atoms with Crippen LogP contribution >= 0.6 is 0 Å². The highest BCUT2D eigenvalue weighted by molar-refractivity contribution is 6.18.